The molecule has 0 aliphatic carbocycles. The molecule has 0 aliphatic heterocycles. The van der Waals surface area contributed by atoms with Crippen LogP contribution < -0.4 is 5.32 Å². The van der Waals surface area contributed by atoms with Gasteiger partial charge in [-0.2, -0.15) is 5.10 Å². The quantitative estimate of drug-likeness (QED) is 0.848. The molecule has 1 aromatic heterocycles. The van der Waals surface area contributed by atoms with E-state index in [1.807, 2.05) is 18.7 Å². The van der Waals surface area contributed by atoms with Gasteiger partial charge in [0.15, 0.2) is 0 Å². The Morgan fingerprint density at radius 3 is 2.56 bits per heavy atom. The summed E-state index contributed by atoms with van der Waals surface area (Å²) in [7, 11) is 1.96. The maximum atomic E-state index is 5.77. The highest BCUT2D eigenvalue weighted by Crippen LogP contribution is 2.21. The van der Waals surface area contributed by atoms with E-state index in [1.165, 1.54) is 5.69 Å². The van der Waals surface area contributed by atoms with Crippen LogP contribution in [0.1, 0.15) is 31.7 Å². The Labute approximate surface area is 111 Å². The van der Waals surface area contributed by atoms with Crippen LogP contribution in [0, 0.1) is 6.92 Å². The molecule has 1 rings (SSSR count). The summed E-state index contributed by atoms with van der Waals surface area (Å²) in [6.07, 6.45) is 0.947. The average Bonchev–Trinajstić information content (AvgIpc) is 2.39. The molecule has 3 nitrogen and oxygen atoms in total. The summed E-state index contributed by atoms with van der Waals surface area (Å²) >= 11 is 9.33. The predicted molar refractivity (Wildman–Crippen MR) is 71.9 cm³/mol. The molecule has 1 heterocycles. The highest BCUT2D eigenvalue weighted by atomic mass is 79.9. The minimum atomic E-state index is 0.0549. The van der Waals surface area contributed by atoms with Gasteiger partial charge in [0.05, 0.1) is 15.9 Å². The summed E-state index contributed by atoms with van der Waals surface area (Å²) in [5.41, 5.74) is 2.24. The van der Waals surface area contributed by atoms with Gasteiger partial charge in [0.25, 0.3) is 0 Å². The van der Waals surface area contributed by atoms with E-state index in [-0.39, 0.29) is 5.54 Å². The second-order valence-electron chi connectivity index (χ2n) is 4.65. The summed E-state index contributed by atoms with van der Waals surface area (Å²) in [5.74, 6) is 0.672. The van der Waals surface area contributed by atoms with E-state index in [4.69, 9.17) is 11.6 Å². The molecule has 1 aromatic rings. The smallest absolute Gasteiger partial charge is 0.0739 e. The van der Waals surface area contributed by atoms with E-state index in [0.717, 1.165) is 23.1 Å². The van der Waals surface area contributed by atoms with Crippen LogP contribution in [0.4, 0.5) is 0 Å². The van der Waals surface area contributed by atoms with Crippen LogP contribution in [-0.2, 0) is 13.6 Å². The van der Waals surface area contributed by atoms with Crippen LogP contribution >= 0.6 is 27.5 Å². The van der Waals surface area contributed by atoms with Crippen molar-refractivity contribution in [3.63, 3.8) is 0 Å². The van der Waals surface area contributed by atoms with Gasteiger partial charge in [0, 0.05) is 25.0 Å². The maximum Gasteiger partial charge on any atom is 0.0739 e. The topological polar surface area (TPSA) is 29.9 Å². The normalized spacial score (nSPS) is 12.1. The van der Waals surface area contributed by atoms with Gasteiger partial charge in [0.2, 0.25) is 0 Å². The average molecular weight is 309 g/mol. The maximum absolute atomic E-state index is 5.77. The molecule has 0 aliphatic rings. The second kappa shape index (κ2) is 5.52. The molecule has 92 valence electrons. The fourth-order valence-electron chi connectivity index (χ4n) is 1.52. The number of aryl methyl sites for hydroxylation is 2. The third-order valence-electron chi connectivity index (χ3n) is 2.72. The molecule has 0 radical (unpaired) electrons. The molecule has 16 heavy (non-hydrogen) atoms. The monoisotopic (exact) mass is 307 g/mol. The lowest BCUT2D eigenvalue weighted by atomic mass is 10.0. The number of hydrogen-bond acceptors (Lipinski definition) is 2. The van der Waals surface area contributed by atoms with E-state index >= 15 is 0 Å². The van der Waals surface area contributed by atoms with Crippen molar-refractivity contribution in [1.29, 1.82) is 0 Å². The molecule has 0 amide bonds. The van der Waals surface area contributed by atoms with Crippen molar-refractivity contribution in [3.8, 4) is 0 Å². The zero-order valence-electron chi connectivity index (χ0n) is 10.3. The number of hydrogen-bond donors (Lipinski definition) is 1. The summed E-state index contributed by atoms with van der Waals surface area (Å²) in [6, 6.07) is 0. The minimum Gasteiger partial charge on any atom is -0.306 e. The van der Waals surface area contributed by atoms with Crippen molar-refractivity contribution in [1.82, 2.24) is 15.1 Å². The fourth-order valence-corrected chi connectivity index (χ4v) is 2.47. The Kier molecular flexibility index (Phi) is 4.83. The van der Waals surface area contributed by atoms with Gasteiger partial charge in [-0.1, -0.05) is 0 Å². The van der Waals surface area contributed by atoms with Crippen LogP contribution in [0.3, 0.4) is 0 Å². The zero-order chi connectivity index (χ0) is 12.3. The van der Waals surface area contributed by atoms with Crippen LogP contribution in [-0.4, -0.2) is 21.2 Å². The summed E-state index contributed by atoms with van der Waals surface area (Å²) in [6.45, 7) is 7.11. The molecular weight excluding hydrogens is 289 g/mol. The van der Waals surface area contributed by atoms with Crippen molar-refractivity contribution >= 4 is 27.5 Å². The van der Waals surface area contributed by atoms with Gasteiger partial charge in [-0.15, -0.1) is 11.6 Å². The number of alkyl halides is 1. The number of nitrogens with zero attached hydrogens (tertiary/aromatic N) is 2. The third kappa shape index (κ3) is 3.47. The summed E-state index contributed by atoms with van der Waals surface area (Å²) < 4.78 is 2.99. The zero-order valence-corrected chi connectivity index (χ0v) is 12.6. The summed E-state index contributed by atoms with van der Waals surface area (Å²) in [5, 5.41) is 7.86. The lowest BCUT2D eigenvalue weighted by molar-refractivity contribution is 0.370. The van der Waals surface area contributed by atoms with Gasteiger partial charge in [0.1, 0.15) is 0 Å². The number of nitrogens with one attached hydrogen (secondary N) is 1. The predicted octanol–water partition coefficient (Wildman–Crippen LogP) is 2.99. The van der Waals surface area contributed by atoms with Gasteiger partial charge >= 0.3 is 0 Å². The largest absolute Gasteiger partial charge is 0.306 e. The first-order valence-electron chi connectivity index (χ1n) is 5.36. The molecule has 5 heteroatoms. The first-order chi connectivity index (χ1) is 7.37. The Bertz CT molecular complexity index is 360. The minimum absolute atomic E-state index is 0.0549. The lowest BCUT2D eigenvalue weighted by Gasteiger charge is -2.25. The molecule has 0 aromatic carbocycles. The standard InChI is InChI=1S/C11H19BrClN3/c1-8-10(12)9(16(4)15-8)7-14-11(2,3)5-6-13/h14H,5-7H2,1-4H3. The molecule has 0 spiro atoms. The van der Waals surface area contributed by atoms with Crippen LogP contribution in [0.25, 0.3) is 0 Å². The highest BCUT2D eigenvalue weighted by Gasteiger charge is 2.18. The molecule has 0 fully saturated rings. The number of rotatable bonds is 5. The Morgan fingerprint density at radius 2 is 2.12 bits per heavy atom. The van der Waals surface area contributed by atoms with Crippen LogP contribution in [0.2, 0.25) is 0 Å². The van der Waals surface area contributed by atoms with Crippen molar-refractivity contribution < 1.29 is 0 Å². The molecular formula is C11H19BrClN3. The van der Waals surface area contributed by atoms with Crippen molar-refractivity contribution in [2.24, 2.45) is 7.05 Å². The van der Waals surface area contributed by atoms with Crippen LogP contribution in [0.15, 0.2) is 4.47 Å². The van der Waals surface area contributed by atoms with Crippen molar-refractivity contribution in [3.05, 3.63) is 15.9 Å². The molecule has 1 N–H and O–H groups in total. The van der Waals surface area contributed by atoms with E-state index in [9.17, 15) is 0 Å². The van der Waals surface area contributed by atoms with E-state index in [0.29, 0.717) is 5.88 Å². The van der Waals surface area contributed by atoms with E-state index < -0.39 is 0 Å². The van der Waals surface area contributed by atoms with Gasteiger partial charge < -0.3 is 5.32 Å². The van der Waals surface area contributed by atoms with Crippen molar-refractivity contribution in [2.45, 2.75) is 39.3 Å². The molecule has 0 bridgehead atoms. The Hall–Kier alpha value is -0.0600. The second-order valence-corrected chi connectivity index (χ2v) is 5.82. The molecule has 0 unspecified atom stereocenters. The van der Waals surface area contributed by atoms with Gasteiger partial charge in [-0.05, 0) is 43.1 Å². The Morgan fingerprint density at radius 1 is 1.50 bits per heavy atom. The first-order valence-corrected chi connectivity index (χ1v) is 6.69. The molecule has 0 saturated carbocycles. The van der Waals surface area contributed by atoms with E-state index in [2.05, 4.69) is 40.2 Å². The number of aromatic nitrogens is 2. The van der Waals surface area contributed by atoms with Gasteiger partial charge in [-0.25, -0.2) is 0 Å². The van der Waals surface area contributed by atoms with Crippen LogP contribution in [0.5, 0.6) is 0 Å². The molecule has 0 atom stereocenters. The Balaban J connectivity index is 2.67. The van der Waals surface area contributed by atoms with Gasteiger partial charge in [-0.3, -0.25) is 4.68 Å². The van der Waals surface area contributed by atoms with Crippen molar-refractivity contribution in [2.75, 3.05) is 5.88 Å². The SMILES string of the molecule is Cc1nn(C)c(CNC(C)(C)CCCl)c1Br. The number of halogens is 2. The fraction of sp³-hybridized carbons (Fsp3) is 0.727. The first kappa shape index (κ1) is 14.0. The van der Waals surface area contributed by atoms with E-state index in [1.54, 1.807) is 0 Å². The third-order valence-corrected chi connectivity index (χ3v) is 3.94. The molecule has 0 saturated heterocycles. The highest BCUT2D eigenvalue weighted by molar-refractivity contribution is 9.10. The summed E-state index contributed by atoms with van der Waals surface area (Å²) in [4.78, 5) is 0. The lowest BCUT2D eigenvalue weighted by Crippen LogP contribution is -2.39.